The number of phenolic OH excluding ortho intramolecular Hbond substituents is 1. The van der Waals surface area contributed by atoms with E-state index in [9.17, 15) is 5.11 Å². The first-order chi connectivity index (χ1) is 18.8. The van der Waals surface area contributed by atoms with Crippen molar-refractivity contribution in [3.63, 3.8) is 0 Å². The van der Waals surface area contributed by atoms with E-state index in [-0.39, 0.29) is 5.54 Å². The molecular formula is C33H47N5O. The van der Waals surface area contributed by atoms with Gasteiger partial charge in [-0.1, -0.05) is 31.5 Å². The Balaban J connectivity index is 1.31. The van der Waals surface area contributed by atoms with Crippen LogP contribution in [0.3, 0.4) is 0 Å². The zero-order valence-electron chi connectivity index (χ0n) is 24.5. The first-order valence-electron chi connectivity index (χ1n) is 14.9. The minimum atomic E-state index is -0.0370. The molecule has 3 aromatic rings. The number of likely N-dealkylation sites (tertiary alicyclic amines) is 1. The van der Waals surface area contributed by atoms with Crippen LogP contribution in [0, 0.1) is 0 Å². The summed E-state index contributed by atoms with van der Waals surface area (Å²) in [4.78, 5) is 12.5. The number of rotatable bonds is 8. The van der Waals surface area contributed by atoms with Crippen LogP contribution in [0.1, 0.15) is 69.2 Å². The first kappa shape index (κ1) is 28.0. The Bertz CT molecular complexity index is 1240. The monoisotopic (exact) mass is 529 g/mol. The van der Waals surface area contributed by atoms with E-state index in [2.05, 4.69) is 91.4 Å². The second-order valence-corrected chi connectivity index (χ2v) is 12.3. The summed E-state index contributed by atoms with van der Waals surface area (Å²) in [5.74, 6) is 0.349. The van der Waals surface area contributed by atoms with Gasteiger partial charge in [0.25, 0.3) is 0 Å². The zero-order valence-corrected chi connectivity index (χ0v) is 24.5. The molecule has 0 radical (unpaired) electrons. The summed E-state index contributed by atoms with van der Waals surface area (Å²) in [6, 6.07) is 18.5. The Hall–Kier alpha value is -2.51. The number of phenols is 1. The van der Waals surface area contributed by atoms with Crippen LogP contribution in [-0.2, 0) is 12.1 Å². The Morgan fingerprint density at radius 2 is 1.79 bits per heavy atom. The number of hydrogen-bond acceptors (Lipinski definition) is 6. The number of aromatic hydroxyl groups is 1. The normalized spacial score (nSPS) is 23.3. The first-order valence-corrected chi connectivity index (χ1v) is 14.9. The van der Waals surface area contributed by atoms with Gasteiger partial charge in [-0.3, -0.25) is 19.7 Å². The number of fused-ring (bicyclic) bond motifs is 1. The fourth-order valence-electron chi connectivity index (χ4n) is 7.06. The number of nitrogens with zero attached hydrogens (tertiary/aromatic N) is 4. The lowest BCUT2D eigenvalue weighted by molar-refractivity contribution is 0.0506. The summed E-state index contributed by atoms with van der Waals surface area (Å²) >= 11 is 0. The van der Waals surface area contributed by atoms with E-state index in [1.807, 2.05) is 12.1 Å². The standard InChI is InChI=1S/C33H47N5O/c1-6-8-32(38-21-24(2)35-25(3)22-38)28-18-27-17-26(11-12-31(27)34-20-28)23-37-15-13-33(14-16-37,36(4)5)29-9-7-10-30(39)19-29/h7,9-12,17-20,24-25,32,35,39H,6,8,13-16,21-23H2,1-5H3/t24-,25+,32?. The SMILES string of the molecule is CCCC(c1cnc2ccc(CN3CCC(c4cccc(O)c4)(N(C)C)CC3)cc2c1)N1C[C@@H](C)N[C@@H](C)C1. The molecule has 39 heavy (non-hydrogen) atoms. The highest BCUT2D eigenvalue weighted by atomic mass is 16.3. The highest BCUT2D eigenvalue weighted by Gasteiger charge is 2.38. The summed E-state index contributed by atoms with van der Waals surface area (Å²) in [6.45, 7) is 12.1. The van der Waals surface area contributed by atoms with E-state index in [1.165, 1.54) is 28.5 Å². The highest BCUT2D eigenvalue weighted by Crippen LogP contribution is 2.39. The Morgan fingerprint density at radius 3 is 2.46 bits per heavy atom. The Morgan fingerprint density at radius 1 is 1.05 bits per heavy atom. The Labute approximate surface area is 235 Å². The number of piperazine rings is 1. The van der Waals surface area contributed by atoms with Gasteiger partial charge in [0.1, 0.15) is 5.75 Å². The molecule has 3 atom stereocenters. The summed E-state index contributed by atoms with van der Waals surface area (Å²) in [5, 5.41) is 15.0. The van der Waals surface area contributed by atoms with Crippen LogP contribution in [-0.4, -0.2) is 77.1 Å². The maximum absolute atomic E-state index is 10.1. The van der Waals surface area contributed by atoms with Gasteiger partial charge in [-0.25, -0.2) is 0 Å². The quantitative estimate of drug-likeness (QED) is 0.401. The number of benzene rings is 2. The van der Waals surface area contributed by atoms with E-state index in [0.717, 1.165) is 57.5 Å². The second-order valence-electron chi connectivity index (χ2n) is 12.3. The van der Waals surface area contributed by atoms with Crippen LogP contribution >= 0.6 is 0 Å². The molecule has 0 spiro atoms. The molecule has 2 fully saturated rings. The second kappa shape index (κ2) is 11.9. The van der Waals surface area contributed by atoms with Gasteiger partial charge in [0.15, 0.2) is 0 Å². The largest absolute Gasteiger partial charge is 0.508 e. The van der Waals surface area contributed by atoms with Gasteiger partial charge in [-0.2, -0.15) is 0 Å². The lowest BCUT2D eigenvalue weighted by atomic mass is 9.79. The zero-order chi connectivity index (χ0) is 27.6. The van der Waals surface area contributed by atoms with Gasteiger partial charge in [0.2, 0.25) is 0 Å². The lowest BCUT2D eigenvalue weighted by Crippen LogP contribution is -2.55. The lowest BCUT2D eigenvalue weighted by Gasteiger charge is -2.46. The summed E-state index contributed by atoms with van der Waals surface area (Å²) in [5.41, 5.74) is 4.96. The van der Waals surface area contributed by atoms with Crippen LogP contribution in [0.15, 0.2) is 54.7 Å². The molecule has 0 aliphatic carbocycles. The van der Waals surface area contributed by atoms with Crippen LogP contribution in [0.2, 0.25) is 0 Å². The third kappa shape index (κ3) is 6.14. The molecule has 2 aliphatic rings. The molecular weight excluding hydrogens is 482 g/mol. The molecule has 6 heteroatoms. The van der Waals surface area contributed by atoms with Crippen molar-refractivity contribution >= 4 is 10.9 Å². The van der Waals surface area contributed by atoms with Crippen LogP contribution in [0.4, 0.5) is 0 Å². The minimum Gasteiger partial charge on any atom is -0.508 e. The number of hydrogen-bond donors (Lipinski definition) is 2. The van der Waals surface area contributed by atoms with Crippen molar-refractivity contribution in [1.82, 2.24) is 25.0 Å². The molecule has 6 nitrogen and oxygen atoms in total. The van der Waals surface area contributed by atoms with Crippen LogP contribution in [0.25, 0.3) is 10.9 Å². The maximum atomic E-state index is 10.1. The van der Waals surface area contributed by atoms with Gasteiger partial charge in [-0.05, 0) is 94.2 Å². The predicted molar refractivity (Wildman–Crippen MR) is 161 cm³/mol. The van der Waals surface area contributed by atoms with Crippen LogP contribution in [0.5, 0.6) is 5.75 Å². The molecule has 5 rings (SSSR count). The maximum Gasteiger partial charge on any atom is 0.115 e. The van der Waals surface area contributed by atoms with Crippen molar-refractivity contribution < 1.29 is 5.11 Å². The fourth-order valence-corrected chi connectivity index (χ4v) is 7.06. The molecule has 3 heterocycles. The van der Waals surface area contributed by atoms with Crippen LogP contribution < -0.4 is 5.32 Å². The topological polar surface area (TPSA) is 54.9 Å². The van der Waals surface area contributed by atoms with Gasteiger partial charge >= 0.3 is 0 Å². The molecule has 1 unspecified atom stereocenters. The predicted octanol–water partition coefficient (Wildman–Crippen LogP) is 5.52. The van der Waals surface area contributed by atoms with Crippen molar-refractivity contribution in [3.05, 3.63) is 71.4 Å². The average Bonchev–Trinajstić information content (AvgIpc) is 2.91. The third-order valence-electron chi connectivity index (χ3n) is 9.07. The van der Waals surface area contributed by atoms with E-state index in [4.69, 9.17) is 4.98 Å². The number of aromatic nitrogens is 1. The molecule has 210 valence electrons. The van der Waals surface area contributed by atoms with Crippen molar-refractivity contribution in [2.75, 3.05) is 40.3 Å². The van der Waals surface area contributed by atoms with Crippen molar-refractivity contribution in [2.45, 2.75) is 76.7 Å². The molecule has 0 saturated carbocycles. The molecule has 2 aromatic carbocycles. The molecule has 0 amide bonds. The van der Waals surface area contributed by atoms with Crippen molar-refractivity contribution in [2.24, 2.45) is 0 Å². The van der Waals surface area contributed by atoms with E-state index in [1.54, 1.807) is 6.07 Å². The van der Waals surface area contributed by atoms with E-state index < -0.39 is 0 Å². The molecule has 1 aromatic heterocycles. The third-order valence-corrected chi connectivity index (χ3v) is 9.07. The summed E-state index contributed by atoms with van der Waals surface area (Å²) in [6.07, 6.45) is 6.53. The van der Waals surface area contributed by atoms with Gasteiger partial charge in [-0.15, -0.1) is 0 Å². The summed E-state index contributed by atoms with van der Waals surface area (Å²) in [7, 11) is 4.34. The average molecular weight is 530 g/mol. The van der Waals surface area contributed by atoms with Gasteiger partial charge < -0.3 is 10.4 Å². The number of piperidine rings is 1. The number of pyridine rings is 1. The minimum absolute atomic E-state index is 0.0370. The van der Waals surface area contributed by atoms with Gasteiger partial charge in [0, 0.05) is 68.0 Å². The molecule has 2 aliphatic heterocycles. The van der Waals surface area contributed by atoms with Gasteiger partial charge in [0.05, 0.1) is 5.52 Å². The van der Waals surface area contributed by atoms with E-state index in [0.29, 0.717) is 23.9 Å². The van der Waals surface area contributed by atoms with E-state index >= 15 is 0 Å². The van der Waals surface area contributed by atoms with Crippen molar-refractivity contribution in [3.8, 4) is 5.75 Å². The Kier molecular flexibility index (Phi) is 8.57. The smallest absolute Gasteiger partial charge is 0.115 e. The molecule has 2 saturated heterocycles. The molecule has 0 bridgehead atoms. The van der Waals surface area contributed by atoms with Crippen molar-refractivity contribution in [1.29, 1.82) is 0 Å². The fraction of sp³-hybridized carbons (Fsp3) is 0.545. The number of nitrogens with one attached hydrogen (secondary N) is 1. The highest BCUT2D eigenvalue weighted by molar-refractivity contribution is 5.79. The summed E-state index contributed by atoms with van der Waals surface area (Å²) < 4.78 is 0. The molecule has 2 N–H and O–H groups in total.